The van der Waals surface area contributed by atoms with Crippen LogP contribution in [0.2, 0.25) is 0 Å². The molecule has 0 aliphatic heterocycles. The molecule has 0 radical (unpaired) electrons. The Bertz CT molecular complexity index is 667. The normalized spacial score (nSPS) is 11.1. The van der Waals surface area contributed by atoms with Crippen LogP contribution in [0.15, 0.2) is 36.4 Å². The van der Waals surface area contributed by atoms with Crippen molar-refractivity contribution >= 4 is 31.5 Å². The topological polar surface area (TPSA) is 9.23 Å². The van der Waals surface area contributed by atoms with Crippen LogP contribution in [0.1, 0.15) is 5.56 Å². The largest absolute Gasteiger partial charge is 0.495 e. The summed E-state index contributed by atoms with van der Waals surface area (Å²) in [6.07, 6.45) is 0. The number of fused-ring (bicyclic) bond motifs is 3. The molecule has 2 heteroatoms. The first-order chi connectivity index (χ1) is 7.81. The summed E-state index contributed by atoms with van der Waals surface area (Å²) in [5.74, 6) is 0.970. The molecule has 0 fully saturated rings. The number of rotatable bonds is 1. The van der Waals surface area contributed by atoms with E-state index in [2.05, 4.69) is 37.3 Å². The minimum absolute atomic E-state index is 0.970. The summed E-state index contributed by atoms with van der Waals surface area (Å²) < 4.78 is 8.01. The average molecular weight is 228 g/mol. The van der Waals surface area contributed by atoms with Crippen molar-refractivity contribution in [3.63, 3.8) is 0 Å². The first-order valence-corrected chi connectivity index (χ1v) is 6.08. The van der Waals surface area contributed by atoms with E-state index in [0.29, 0.717) is 0 Å². The molecule has 0 bridgehead atoms. The summed E-state index contributed by atoms with van der Waals surface area (Å²) in [6.45, 7) is 2.16. The lowest BCUT2D eigenvalue weighted by atomic mass is 10.1. The summed E-state index contributed by atoms with van der Waals surface area (Å²) in [7, 11) is 1.73. The van der Waals surface area contributed by atoms with Crippen LogP contribution in [-0.2, 0) is 0 Å². The molecule has 80 valence electrons. The lowest BCUT2D eigenvalue weighted by Crippen LogP contribution is -1.80. The maximum absolute atomic E-state index is 5.41. The van der Waals surface area contributed by atoms with Crippen molar-refractivity contribution < 1.29 is 4.74 Å². The van der Waals surface area contributed by atoms with Gasteiger partial charge in [0.1, 0.15) is 5.75 Å². The van der Waals surface area contributed by atoms with Crippen molar-refractivity contribution in [2.24, 2.45) is 0 Å². The molecule has 1 nitrogen and oxygen atoms in total. The number of hydrogen-bond donors (Lipinski definition) is 0. The maximum Gasteiger partial charge on any atom is 0.136 e. The van der Waals surface area contributed by atoms with E-state index in [4.69, 9.17) is 4.74 Å². The standard InChI is InChI=1S/C14H12OS/c1-9-5-3-6-10-11-7-4-8-12(15-2)14(11)16-13(9)10/h3-8H,1-2H3. The van der Waals surface area contributed by atoms with Crippen molar-refractivity contribution in [3.05, 3.63) is 42.0 Å². The highest BCUT2D eigenvalue weighted by Crippen LogP contribution is 2.40. The van der Waals surface area contributed by atoms with Crippen molar-refractivity contribution in [3.8, 4) is 5.75 Å². The maximum atomic E-state index is 5.41. The number of thiophene rings is 1. The second-order valence-electron chi connectivity index (χ2n) is 3.89. The van der Waals surface area contributed by atoms with Gasteiger partial charge in [0.05, 0.1) is 11.8 Å². The zero-order valence-corrected chi connectivity index (χ0v) is 10.1. The number of aryl methyl sites for hydroxylation is 1. The Morgan fingerprint density at radius 2 is 1.62 bits per heavy atom. The van der Waals surface area contributed by atoms with Crippen molar-refractivity contribution in [2.75, 3.05) is 7.11 Å². The van der Waals surface area contributed by atoms with Gasteiger partial charge in [0.2, 0.25) is 0 Å². The Labute approximate surface area is 98.3 Å². The fraction of sp³-hybridized carbons (Fsp3) is 0.143. The van der Waals surface area contributed by atoms with Gasteiger partial charge in [-0.05, 0) is 18.6 Å². The van der Waals surface area contributed by atoms with Gasteiger partial charge in [-0.2, -0.15) is 0 Å². The number of hydrogen-bond acceptors (Lipinski definition) is 2. The van der Waals surface area contributed by atoms with Crippen molar-refractivity contribution in [1.82, 2.24) is 0 Å². The lowest BCUT2D eigenvalue weighted by Gasteiger charge is -1.99. The minimum atomic E-state index is 0.970. The van der Waals surface area contributed by atoms with E-state index in [1.165, 1.54) is 25.7 Å². The third-order valence-electron chi connectivity index (χ3n) is 2.91. The molecular weight excluding hydrogens is 216 g/mol. The van der Waals surface area contributed by atoms with Crippen LogP contribution in [-0.4, -0.2) is 7.11 Å². The quantitative estimate of drug-likeness (QED) is 0.601. The first kappa shape index (κ1) is 9.67. The molecule has 3 aromatic rings. The third kappa shape index (κ3) is 1.23. The van der Waals surface area contributed by atoms with Gasteiger partial charge in [0.25, 0.3) is 0 Å². The van der Waals surface area contributed by atoms with E-state index in [1.54, 1.807) is 7.11 Å². The van der Waals surface area contributed by atoms with Crippen LogP contribution in [0.5, 0.6) is 5.75 Å². The Morgan fingerprint density at radius 1 is 0.938 bits per heavy atom. The fourth-order valence-electron chi connectivity index (χ4n) is 2.10. The van der Waals surface area contributed by atoms with E-state index in [0.717, 1.165) is 5.75 Å². The molecule has 0 saturated heterocycles. The highest BCUT2D eigenvalue weighted by atomic mass is 32.1. The van der Waals surface area contributed by atoms with Crippen molar-refractivity contribution in [1.29, 1.82) is 0 Å². The van der Waals surface area contributed by atoms with Gasteiger partial charge in [-0.15, -0.1) is 11.3 Å². The average Bonchev–Trinajstić information content (AvgIpc) is 2.69. The molecule has 3 rings (SSSR count). The van der Waals surface area contributed by atoms with Gasteiger partial charge in [0, 0.05) is 15.5 Å². The Balaban J connectivity index is 2.55. The van der Waals surface area contributed by atoms with Crippen LogP contribution in [0.25, 0.3) is 20.2 Å². The van der Waals surface area contributed by atoms with Crippen LogP contribution in [0, 0.1) is 6.92 Å². The summed E-state index contributed by atoms with van der Waals surface area (Å²) in [6, 6.07) is 12.7. The molecule has 0 aliphatic carbocycles. The van der Waals surface area contributed by atoms with E-state index in [9.17, 15) is 0 Å². The second-order valence-corrected chi connectivity index (χ2v) is 4.91. The SMILES string of the molecule is COc1cccc2c1sc1c(C)cccc12. The third-order valence-corrected chi connectivity index (χ3v) is 4.28. The molecule has 0 atom stereocenters. The van der Waals surface area contributed by atoms with Gasteiger partial charge in [-0.25, -0.2) is 0 Å². The van der Waals surface area contributed by atoms with E-state index in [-0.39, 0.29) is 0 Å². The summed E-state index contributed by atoms with van der Waals surface area (Å²) in [4.78, 5) is 0. The highest BCUT2D eigenvalue weighted by molar-refractivity contribution is 7.26. The molecule has 1 heterocycles. The predicted octanol–water partition coefficient (Wildman–Crippen LogP) is 4.37. The van der Waals surface area contributed by atoms with Crippen LogP contribution < -0.4 is 4.74 Å². The second kappa shape index (κ2) is 3.49. The van der Waals surface area contributed by atoms with Crippen LogP contribution >= 0.6 is 11.3 Å². The number of methoxy groups -OCH3 is 1. The van der Waals surface area contributed by atoms with Crippen molar-refractivity contribution in [2.45, 2.75) is 6.92 Å². The van der Waals surface area contributed by atoms with E-state index < -0.39 is 0 Å². The molecule has 0 spiro atoms. The van der Waals surface area contributed by atoms with E-state index in [1.807, 2.05) is 17.4 Å². The lowest BCUT2D eigenvalue weighted by molar-refractivity contribution is 0.420. The molecule has 0 amide bonds. The summed E-state index contributed by atoms with van der Waals surface area (Å²) in [5, 5.41) is 2.63. The zero-order valence-electron chi connectivity index (χ0n) is 9.28. The van der Waals surface area contributed by atoms with Gasteiger partial charge >= 0.3 is 0 Å². The molecule has 16 heavy (non-hydrogen) atoms. The smallest absolute Gasteiger partial charge is 0.136 e. The molecule has 1 aromatic heterocycles. The van der Waals surface area contributed by atoms with Gasteiger partial charge < -0.3 is 4.74 Å². The zero-order chi connectivity index (χ0) is 11.1. The monoisotopic (exact) mass is 228 g/mol. The Kier molecular flexibility index (Phi) is 2.11. The summed E-state index contributed by atoms with van der Waals surface area (Å²) in [5.41, 5.74) is 1.33. The minimum Gasteiger partial charge on any atom is -0.495 e. The van der Waals surface area contributed by atoms with E-state index >= 15 is 0 Å². The Morgan fingerprint density at radius 3 is 2.38 bits per heavy atom. The van der Waals surface area contributed by atoms with Crippen LogP contribution in [0.4, 0.5) is 0 Å². The molecule has 0 unspecified atom stereocenters. The predicted molar refractivity (Wildman–Crippen MR) is 70.6 cm³/mol. The van der Waals surface area contributed by atoms with Gasteiger partial charge in [-0.3, -0.25) is 0 Å². The number of benzene rings is 2. The van der Waals surface area contributed by atoms with Gasteiger partial charge in [0.15, 0.2) is 0 Å². The Hall–Kier alpha value is -1.54. The molecule has 0 aliphatic rings. The number of ether oxygens (including phenoxy) is 1. The summed E-state index contributed by atoms with van der Waals surface area (Å²) >= 11 is 1.81. The van der Waals surface area contributed by atoms with Gasteiger partial charge in [-0.1, -0.05) is 30.3 Å². The molecule has 0 saturated carbocycles. The highest BCUT2D eigenvalue weighted by Gasteiger charge is 2.09. The molecular formula is C14H12OS. The fourth-order valence-corrected chi connectivity index (χ4v) is 3.36. The van der Waals surface area contributed by atoms with Crippen LogP contribution in [0.3, 0.4) is 0 Å². The molecule has 0 N–H and O–H groups in total. The molecule has 2 aromatic carbocycles. The first-order valence-electron chi connectivity index (χ1n) is 5.26.